The van der Waals surface area contributed by atoms with Gasteiger partial charge in [0.05, 0.1) is 21.7 Å². The van der Waals surface area contributed by atoms with Crippen LogP contribution in [0.4, 0.5) is 11.6 Å². The molecule has 8 heteroatoms. The molecule has 4 rings (SSSR count). The Morgan fingerprint density at radius 2 is 2.12 bits per heavy atom. The van der Waals surface area contributed by atoms with Crippen LogP contribution in [0.15, 0.2) is 24.3 Å². The van der Waals surface area contributed by atoms with E-state index in [1.54, 1.807) is 24.3 Å². The lowest BCUT2D eigenvalue weighted by atomic mass is 9.99. The lowest BCUT2D eigenvalue weighted by molar-refractivity contribution is 0.0685. The van der Waals surface area contributed by atoms with Crippen LogP contribution in [-0.2, 0) is 6.42 Å². The highest BCUT2D eigenvalue weighted by atomic mass is 35.5. The van der Waals surface area contributed by atoms with Crippen LogP contribution in [0.5, 0.6) is 5.75 Å². The summed E-state index contributed by atoms with van der Waals surface area (Å²) in [6, 6.07) is 6.64. The minimum absolute atomic E-state index is 0.123. The number of halogens is 2. The van der Waals surface area contributed by atoms with E-state index in [2.05, 4.69) is 15.3 Å². The molecule has 0 saturated heterocycles. The second-order valence-corrected chi connectivity index (χ2v) is 7.65. The molecule has 0 aliphatic carbocycles. The second kappa shape index (κ2) is 5.79. The van der Waals surface area contributed by atoms with Crippen LogP contribution in [0.1, 0.15) is 29.8 Å². The number of nitrogens with zero attached hydrogens (tertiary/aromatic N) is 1. The van der Waals surface area contributed by atoms with Crippen LogP contribution in [0.25, 0.3) is 11.0 Å². The van der Waals surface area contributed by atoms with Gasteiger partial charge in [0, 0.05) is 17.0 Å². The van der Waals surface area contributed by atoms with E-state index in [1.165, 1.54) is 0 Å². The number of ether oxygens (including phenoxy) is 1. The van der Waals surface area contributed by atoms with Crippen molar-refractivity contribution >= 4 is 51.8 Å². The van der Waals surface area contributed by atoms with E-state index < -0.39 is 11.6 Å². The van der Waals surface area contributed by atoms with Gasteiger partial charge in [0.25, 0.3) is 0 Å². The second-order valence-electron chi connectivity index (χ2n) is 6.81. The number of carboxylic acids is 1. The molecular formula is C18H15Cl2N3O3. The first-order valence-electron chi connectivity index (χ1n) is 7.93. The molecule has 0 saturated carbocycles. The van der Waals surface area contributed by atoms with Crippen LogP contribution in [0.3, 0.4) is 0 Å². The van der Waals surface area contributed by atoms with Crippen LogP contribution in [0.2, 0.25) is 10.0 Å². The van der Waals surface area contributed by atoms with Crippen LogP contribution in [0, 0.1) is 0 Å². The average molecular weight is 392 g/mol. The number of H-pyrrole nitrogens is 1. The van der Waals surface area contributed by atoms with Gasteiger partial charge in [0.15, 0.2) is 0 Å². The zero-order valence-corrected chi connectivity index (χ0v) is 15.5. The van der Waals surface area contributed by atoms with Crippen LogP contribution in [-0.4, -0.2) is 26.6 Å². The third-order valence-corrected chi connectivity index (χ3v) is 4.77. The van der Waals surface area contributed by atoms with Gasteiger partial charge in [-0.2, -0.15) is 0 Å². The zero-order chi connectivity index (χ0) is 18.6. The smallest absolute Gasteiger partial charge is 0.339 e. The monoisotopic (exact) mass is 391 g/mol. The van der Waals surface area contributed by atoms with Crippen molar-refractivity contribution in [2.75, 3.05) is 5.32 Å². The Hall–Kier alpha value is -2.44. The number of aromatic amines is 1. The first-order valence-corrected chi connectivity index (χ1v) is 8.69. The fraction of sp³-hybridized carbons (Fsp3) is 0.222. The molecular weight excluding hydrogens is 377 g/mol. The van der Waals surface area contributed by atoms with Crippen molar-refractivity contribution < 1.29 is 14.6 Å². The van der Waals surface area contributed by atoms with E-state index in [4.69, 9.17) is 27.9 Å². The van der Waals surface area contributed by atoms with E-state index in [0.717, 1.165) is 5.56 Å². The number of rotatable bonds is 3. The highest BCUT2D eigenvalue weighted by Crippen LogP contribution is 2.42. The summed E-state index contributed by atoms with van der Waals surface area (Å²) in [5.41, 5.74) is 2.38. The summed E-state index contributed by atoms with van der Waals surface area (Å²) in [6.45, 7) is 3.84. The zero-order valence-electron chi connectivity index (χ0n) is 14.0. The molecule has 6 nitrogen and oxygen atoms in total. The third kappa shape index (κ3) is 2.85. The summed E-state index contributed by atoms with van der Waals surface area (Å²) in [4.78, 5) is 19.3. The summed E-state index contributed by atoms with van der Waals surface area (Å²) in [5, 5.41) is 13.6. The lowest BCUT2D eigenvalue weighted by Gasteiger charge is -2.17. The Bertz CT molecular complexity index is 1060. The lowest BCUT2D eigenvalue weighted by Crippen LogP contribution is -2.25. The first-order chi connectivity index (χ1) is 12.2. The highest BCUT2D eigenvalue weighted by Gasteiger charge is 2.36. The van der Waals surface area contributed by atoms with Gasteiger partial charge in [-0.1, -0.05) is 23.2 Å². The van der Waals surface area contributed by atoms with Gasteiger partial charge in [-0.25, -0.2) is 9.78 Å². The van der Waals surface area contributed by atoms with Gasteiger partial charge in [-0.3, -0.25) is 0 Å². The molecule has 2 aromatic carbocycles. The van der Waals surface area contributed by atoms with Crippen molar-refractivity contribution in [3.05, 3.63) is 45.4 Å². The predicted molar refractivity (Wildman–Crippen MR) is 101 cm³/mol. The number of nitrogens with one attached hydrogen (secondary N) is 2. The number of benzene rings is 2. The maximum absolute atomic E-state index is 11.6. The Balaban J connectivity index is 1.82. The van der Waals surface area contributed by atoms with Gasteiger partial charge in [-0.15, -0.1) is 0 Å². The summed E-state index contributed by atoms with van der Waals surface area (Å²) in [7, 11) is 0. The molecule has 0 amide bonds. The Morgan fingerprint density at radius 3 is 2.81 bits per heavy atom. The number of anilines is 2. The Kier molecular flexibility index (Phi) is 3.78. The summed E-state index contributed by atoms with van der Waals surface area (Å²) < 4.78 is 5.86. The fourth-order valence-corrected chi connectivity index (χ4v) is 3.61. The van der Waals surface area contributed by atoms with Crippen molar-refractivity contribution in [2.45, 2.75) is 25.9 Å². The van der Waals surface area contributed by atoms with E-state index in [9.17, 15) is 9.90 Å². The van der Waals surface area contributed by atoms with Crippen molar-refractivity contribution in [2.24, 2.45) is 0 Å². The molecule has 1 aliphatic rings. The Morgan fingerprint density at radius 1 is 1.35 bits per heavy atom. The molecule has 134 valence electrons. The molecule has 3 aromatic rings. The molecule has 26 heavy (non-hydrogen) atoms. The summed E-state index contributed by atoms with van der Waals surface area (Å²) in [6.07, 6.45) is 0.575. The molecule has 2 heterocycles. The average Bonchev–Trinajstić information content (AvgIpc) is 3.08. The summed E-state index contributed by atoms with van der Waals surface area (Å²) >= 11 is 12.1. The van der Waals surface area contributed by atoms with E-state index in [-0.39, 0.29) is 5.56 Å². The number of carboxylic acid groups (broad SMARTS) is 1. The number of aromatic nitrogens is 2. The van der Waals surface area contributed by atoms with Crippen molar-refractivity contribution in [3.63, 3.8) is 0 Å². The predicted octanol–water partition coefficient (Wildman–Crippen LogP) is 5.03. The number of aromatic carboxylic acids is 1. The SMILES string of the molecule is CC1(C)Cc2c(c(C(=O)O)cc3[nH]c(Nc4ccc(Cl)cc4Cl)nc23)O1. The molecule has 3 N–H and O–H groups in total. The van der Waals surface area contributed by atoms with Gasteiger partial charge >= 0.3 is 5.97 Å². The normalized spacial score (nSPS) is 14.9. The highest BCUT2D eigenvalue weighted by molar-refractivity contribution is 6.36. The minimum atomic E-state index is -1.04. The molecule has 0 spiro atoms. The topological polar surface area (TPSA) is 87.2 Å². The molecule has 1 aromatic heterocycles. The van der Waals surface area contributed by atoms with E-state index in [0.29, 0.717) is 44.9 Å². The quantitative estimate of drug-likeness (QED) is 0.582. The summed E-state index contributed by atoms with van der Waals surface area (Å²) in [5.74, 6) is -0.193. The van der Waals surface area contributed by atoms with Crippen molar-refractivity contribution in [1.29, 1.82) is 0 Å². The molecule has 0 bridgehead atoms. The van der Waals surface area contributed by atoms with Gasteiger partial charge < -0.3 is 20.1 Å². The van der Waals surface area contributed by atoms with Crippen molar-refractivity contribution in [3.8, 4) is 5.75 Å². The van der Waals surface area contributed by atoms with Gasteiger partial charge in [-0.05, 0) is 38.1 Å². The third-order valence-electron chi connectivity index (χ3n) is 4.22. The minimum Gasteiger partial charge on any atom is -0.486 e. The number of hydrogen-bond donors (Lipinski definition) is 3. The molecule has 0 fully saturated rings. The van der Waals surface area contributed by atoms with Crippen LogP contribution < -0.4 is 10.1 Å². The Labute approximate surface area is 159 Å². The first kappa shape index (κ1) is 17.0. The molecule has 0 radical (unpaired) electrons. The maximum atomic E-state index is 11.6. The number of hydrogen-bond acceptors (Lipinski definition) is 4. The number of fused-ring (bicyclic) bond motifs is 3. The molecule has 0 unspecified atom stereocenters. The largest absolute Gasteiger partial charge is 0.486 e. The van der Waals surface area contributed by atoms with Crippen LogP contribution >= 0.6 is 23.2 Å². The number of imidazole rings is 1. The standard InChI is InChI=1S/C18H15Cl2N3O3/c1-18(2)7-10-14-13(6-9(16(24)25)15(10)26-18)22-17(23-14)21-12-4-3-8(19)5-11(12)20/h3-6H,7H2,1-2H3,(H,24,25)(H2,21,22,23). The van der Waals surface area contributed by atoms with E-state index >= 15 is 0 Å². The van der Waals surface area contributed by atoms with Gasteiger partial charge in [0.1, 0.15) is 16.9 Å². The molecule has 0 atom stereocenters. The molecule has 1 aliphatic heterocycles. The van der Waals surface area contributed by atoms with E-state index in [1.807, 2.05) is 13.8 Å². The maximum Gasteiger partial charge on any atom is 0.339 e. The van der Waals surface area contributed by atoms with Crippen molar-refractivity contribution in [1.82, 2.24) is 9.97 Å². The fourth-order valence-electron chi connectivity index (χ4n) is 3.16. The van der Waals surface area contributed by atoms with Gasteiger partial charge in [0.2, 0.25) is 5.95 Å². The number of carbonyl (C=O) groups is 1.